The van der Waals surface area contributed by atoms with E-state index >= 15 is 0 Å². The first-order chi connectivity index (χ1) is 50.6. The first-order valence-electron chi connectivity index (χ1n) is 38.9. The first kappa shape index (κ1) is 90.3. The number of alkyl carbamates (subject to hydrolysis) is 2. The Morgan fingerprint density at radius 1 is 0.752 bits per heavy atom. The zero-order valence-electron chi connectivity index (χ0n) is 63.3. The highest BCUT2D eigenvalue weighted by atomic mass is 16.7. The van der Waals surface area contributed by atoms with Crippen molar-refractivity contribution in [3.63, 3.8) is 0 Å². The van der Waals surface area contributed by atoms with E-state index in [1.807, 2.05) is 11.6 Å². The molecule has 0 bridgehead atoms. The predicted octanol–water partition coefficient (Wildman–Crippen LogP) is 9.54. The molecule has 30 heteroatoms. The fraction of sp³-hybridized carbons (Fsp3) is 0.787. The molecule has 1 aliphatic heterocycles. The molecule has 13 atom stereocenters. The summed E-state index contributed by atoms with van der Waals surface area (Å²) in [5.41, 5.74) is 16.1. The Morgan fingerprint density at radius 2 is 1.38 bits per heavy atom. The maximum Gasteiger partial charge on any atom is 0.407 e. The molecule has 594 valence electrons. The van der Waals surface area contributed by atoms with Gasteiger partial charge in [0.05, 0.1) is 43.3 Å². The molecule has 0 spiro atoms. The molecule has 1 saturated heterocycles. The SMILES string of the molecule is CCC(=O)CCCN=[N+]=[N-].CCCCCCCCCCCCCC[C@@H](OC(=O)CCCCCCC)[C@@H](O)[C@H](CO[C@H]1OC(CO)[C@H](O)[C@H](O)C1O)NC(=O)OCc1ccc(NC(=O)[C@H](CCCNC(N)=O)CC(=O)[C@@H](NC(=O)OCC2C3CCc4nnn(CCCCC(=O)NC)c4CCC32)C(C)C)cc1. The Bertz CT molecular complexity index is 2920. The second-order valence-electron chi connectivity index (χ2n) is 28.5. The van der Waals surface area contributed by atoms with Crippen molar-refractivity contribution in [3.8, 4) is 0 Å². The van der Waals surface area contributed by atoms with Gasteiger partial charge in [0.1, 0.15) is 49.0 Å². The number of aryl methyl sites for hydroxylation is 2. The van der Waals surface area contributed by atoms with Crippen LogP contribution in [0.3, 0.4) is 0 Å². The fourth-order valence-corrected chi connectivity index (χ4v) is 13.5. The lowest BCUT2D eigenvalue weighted by Crippen LogP contribution is -2.60. The number of esters is 1. The molecule has 12 N–H and O–H groups in total. The van der Waals surface area contributed by atoms with Crippen LogP contribution >= 0.6 is 0 Å². The van der Waals surface area contributed by atoms with Crippen LogP contribution < -0.4 is 32.3 Å². The van der Waals surface area contributed by atoms with Crippen molar-refractivity contribution in [2.45, 2.75) is 308 Å². The second-order valence-corrected chi connectivity index (χ2v) is 28.5. The van der Waals surface area contributed by atoms with Crippen LogP contribution in [0.4, 0.5) is 20.1 Å². The van der Waals surface area contributed by atoms with E-state index in [2.05, 4.69) is 60.8 Å². The third-order valence-electron chi connectivity index (χ3n) is 20.0. The lowest BCUT2D eigenvalue weighted by Gasteiger charge is -2.40. The number of anilines is 1. The molecule has 5 rings (SSSR count). The van der Waals surface area contributed by atoms with Gasteiger partial charge in [0.2, 0.25) is 11.8 Å². The number of azide groups is 1. The van der Waals surface area contributed by atoms with E-state index in [0.717, 1.165) is 101 Å². The summed E-state index contributed by atoms with van der Waals surface area (Å²) < 4.78 is 30.7. The number of amides is 6. The number of fused-ring (bicyclic) bond motifs is 2. The van der Waals surface area contributed by atoms with Gasteiger partial charge in [0, 0.05) is 75.3 Å². The largest absolute Gasteiger partial charge is 0.460 e. The zero-order valence-corrected chi connectivity index (χ0v) is 63.3. The lowest BCUT2D eigenvalue weighted by molar-refractivity contribution is -0.303. The van der Waals surface area contributed by atoms with Crippen molar-refractivity contribution in [1.29, 1.82) is 0 Å². The number of aromatic nitrogens is 3. The van der Waals surface area contributed by atoms with Crippen molar-refractivity contribution in [1.82, 2.24) is 36.3 Å². The third-order valence-corrected chi connectivity index (χ3v) is 20.0. The van der Waals surface area contributed by atoms with Gasteiger partial charge in [-0.1, -0.05) is 153 Å². The molecule has 1 aromatic heterocycles. The molecule has 5 unspecified atom stereocenters. The topological polar surface area (TPSA) is 449 Å². The molecule has 30 nitrogen and oxygen atoms in total. The maximum atomic E-state index is 14.1. The summed E-state index contributed by atoms with van der Waals surface area (Å²) >= 11 is 0. The van der Waals surface area contributed by atoms with Gasteiger partial charge in [-0.2, -0.15) is 0 Å². The van der Waals surface area contributed by atoms with Crippen LogP contribution in [-0.4, -0.2) is 183 Å². The molecular formula is C75H126N12O18. The highest BCUT2D eigenvalue weighted by Gasteiger charge is 2.51. The highest BCUT2D eigenvalue weighted by molar-refractivity contribution is 5.97. The van der Waals surface area contributed by atoms with Crippen LogP contribution in [0.5, 0.6) is 0 Å². The second kappa shape index (κ2) is 52.1. The van der Waals surface area contributed by atoms with Crippen LogP contribution in [0.2, 0.25) is 0 Å². The number of nitrogens with one attached hydrogen (secondary N) is 5. The summed E-state index contributed by atoms with van der Waals surface area (Å²) in [5, 5.41) is 79.3. The standard InChI is InChI=1S/C69H115N9O17.C6H11N3O/c1-6-8-10-12-13-14-15-16-17-18-20-21-27-56(94-59(82)29-22-19-11-9-7-2)61(83)53(44-91-66-64(86)63(85)62(84)57(41-79)95-66)74-68(89)92-42-46-30-32-48(33-31-46)73-65(87)47(26-25-38-72-67(70)88)40-55(80)60(45(3)4)75-69(90)93-43-51-49-34-36-52-54(37-35-50(49)51)78(77-76-52)39-24-23-28-58(81)71-5;1-2-6(10)4-3-5-8-9-7/h30-33,45,47,49-51,53,56-57,60-64,66,79,83-86H,6-29,34-44H2,1-5H3,(H,71,81)(H,73,87)(H,74,89)(H,75,90)(H3,70,72,88);2-5H2,1H3/t47-,49?,50?,51?,53+,56-,57?,60+,61+,62+,63+,64?,66+;/m1./s1. The summed E-state index contributed by atoms with van der Waals surface area (Å²) in [6.07, 6.45) is 13.0. The number of benzene rings is 1. The average Bonchev–Trinajstić information content (AvgIpc) is 1.62. The number of nitrogens with two attached hydrogens (primary N) is 1. The Hall–Kier alpha value is -7.05. The van der Waals surface area contributed by atoms with Gasteiger partial charge < -0.3 is 81.5 Å². The maximum absolute atomic E-state index is 14.1. The van der Waals surface area contributed by atoms with Gasteiger partial charge in [0.15, 0.2) is 12.1 Å². The van der Waals surface area contributed by atoms with Crippen molar-refractivity contribution < 1.29 is 87.6 Å². The number of aliphatic hydroxyl groups is 5. The number of carbonyl (C=O) groups is 8. The highest BCUT2D eigenvalue weighted by Crippen LogP contribution is 2.53. The molecule has 105 heavy (non-hydrogen) atoms. The number of Topliss-reactive ketones (excluding diaryl/α,β-unsaturated/α-hetero) is 2. The first-order valence-corrected chi connectivity index (χ1v) is 38.9. The molecule has 2 aromatic rings. The molecule has 1 aromatic carbocycles. The zero-order chi connectivity index (χ0) is 76.9. The van der Waals surface area contributed by atoms with E-state index in [4.69, 9.17) is 34.9 Å². The minimum atomic E-state index is -1.78. The Kier molecular flexibility index (Phi) is 44.8. The van der Waals surface area contributed by atoms with E-state index in [9.17, 15) is 63.9 Å². The molecule has 3 aliphatic rings. The molecule has 2 aliphatic carbocycles. The number of hydrogen-bond acceptors (Lipinski definition) is 21. The number of carbonyl (C=O) groups excluding carboxylic acids is 8. The Labute approximate surface area is 620 Å². The average molecular weight is 1480 g/mol. The number of rotatable bonds is 52. The molecule has 2 fully saturated rings. The van der Waals surface area contributed by atoms with Gasteiger partial charge >= 0.3 is 24.2 Å². The van der Waals surface area contributed by atoms with Crippen molar-refractivity contribution in [2.75, 3.05) is 45.3 Å². The number of urea groups is 1. The van der Waals surface area contributed by atoms with Gasteiger partial charge in [0.25, 0.3) is 0 Å². The van der Waals surface area contributed by atoms with Gasteiger partial charge in [-0.25, -0.2) is 19.1 Å². The summed E-state index contributed by atoms with van der Waals surface area (Å²) in [4.78, 5) is 105. The number of unbranched alkanes of at least 4 members (excludes halogenated alkanes) is 16. The lowest BCUT2D eigenvalue weighted by atomic mass is 9.89. The molecule has 0 radical (unpaired) electrons. The van der Waals surface area contributed by atoms with E-state index in [0.29, 0.717) is 81.1 Å². The Morgan fingerprint density at radius 3 is 2.00 bits per heavy atom. The van der Waals surface area contributed by atoms with E-state index in [1.165, 1.54) is 44.9 Å². The van der Waals surface area contributed by atoms with Crippen LogP contribution in [0.1, 0.15) is 244 Å². The minimum absolute atomic E-state index is 0.0124. The van der Waals surface area contributed by atoms with Crippen LogP contribution in [-0.2, 0) is 73.7 Å². The van der Waals surface area contributed by atoms with E-state index < -0.39 is 104 Å². The molecule has 2 heterocycles. The number of aliphatic hydroxyl groups excluding tert-OH is 5. The Balaban J connectivity index is 0.00000216. The smallest absolute Gasteiger partial charge is 0.407 e. The normalized spacial score (nSPS) is 20.2. The molecule has 1 saturated carbocycles. The monoisotopic (exact) mass is 1480 g/mol. The number of ketones is 2. The molecule has 6 amide bonds. The third kappa shape index (κ3) is 35.0. The van der Waals surface area contributed by atoms with Crippen LogP contribution in [0, 0.1) is 29.6 Å². The van der Waals surface area contributed by atoms with Crippen molar-refractivity contribution in [3.05, 3.63) is 51.7 Å². The number of nitrogens with zero attached hydrogens (tertiary/aromatic N) is 6. The van der Waals surface area contributed by atoms with E-state index in [-0.39, 0.29) is 74.8 Å². The fourth-order valence-electron chi connectivity index (χ4n) is 13.5. The predicted molar refractivity (Wildman–Crippen MR) is 393 cm³/mol. The van der Waals surface area contributed by atoms with Gasteiger partial charge in [-0.3, -0.25) is 24.0 Å². The number of primary amides is 1. The van der Waals surface area contributed by atoms with Gasteiger partial charge in [-0.15, -0.1) is 5.10 Å². The number of ether oxygens (including phenoxy) is 5. The quantitative estimate of drug-likeness (QED) is 0.00733. The van der Waals surface area contributed by atoms with Crippen LogP contribution in [0.15, 0.2) is 29.4 Å². The minimum Gasteiger partial charge on any atom is -0.460 e. The van der Waals surface area contributed by atoms with Crippen molar-refractivity contribution in [2.24, 2.45) is 40.4 Å². The summed E-state index contributed by atoms with van der Waals surface area (Å²) in [6.45, 7) is 9.62. The van der Waals surface area contributed by atoms with Crippen molar-refractivity contribution >= 4 is 53.3 Å². The molecular weight excluding hydrogens is 1360 g/mol. The summed E-state index contributed by atoms with van der Waals surface area (Å²) in [6, 6.07) is 3.31. The van der Waals surface area contributed by atoms with Crippen LogP contribution in [0.25, 0.3) is 10.4 Å². The van der Waals surface area contributed by atoms with Gasteiger partial charge in [-0.05, 0) is 124 Å². The number of hydrogen-bond donors (Lipinski definition) is 11. The summed E-state index contributed by atoms with van der Waals surface area (Å²) in [5.74, 6) is -1.49. The summed E-state index contributed by atoms with van der Waals surface area (Å²) in [7, 11) is 1.63. The van der Waals surface area contributed by atoms with E-state index in [1.54, 1.807) is 45.2 Å².